The molecule has 0 amide bonds. The van der Waals surface area contributed by atoms with Crippen LogP contribution in [0.2, 0.25) is 0 Å². The van der Waals surface area contributed by atoms with Crippen LogP contribution < -0.4 is 11.1 Å². The summed E-state index contributed by atoms with van der Waals surface area (Å²) in [7, 11) is -3.20. The summed E-state index contributed by atoms with van der Waals surface area (Å²) < 4.78 is 24.6. The number of hydrogen-bond donors (Lipinski definition) is 2. The van der Waals surface area contributed by atoms with Crippen molar-refractivity contribution in [2.24, 2.45) is 11.7 Å². The van der Waals surface area contributed by atoms with E-state index in [0.29, 0.717) is 22.9 Å². The number of rotatable bonds is 6. The second-order valence-corrected chi connectivity index (χ2v) is 7.98. The first-order chi connectivity index (χ1) is 10.0. The standard InChI is InChI=1S/C16H26N2O2S/c1-2-11-21(19,20)16-10-6-5-9-15(16)18-12-13-7-3-4-8-14(13)17/h5-6,9-10,13-14,18H,2-4,7-8,11-12,17H2,1H3. The number of nitrogens with two attached hydrogens (primary N) is 1. The van der Waals surface area contributed by atoms with Crippen molar-refractivity contribution in [3.63, 3.8) is 0 Å². The summed E-state index contributed by atoms with van der Waals surface area (Å²) in [6, 6.07) is 7.41. The zero-order chi connectivity index (χ0) is 15.3. The van der Waals surface area contributed by atoms with Gasteiger partial charge in [-0.3, -0.25) is 0 Å². The lowest BCUT2D eigenvalue weighted by Gasteiger charge is -2.29. The largest absolute Gasteiger partial charge is 0.384 e. The Kier molecular flexibility index (Phi) is 5.65. The van der Waals surface area contributed by atoms with Crippen LogP contribution in [0.25, 0.3) is 0 Å². The molecule has 1 aromatic carbocycles. The summed E-state index contributed by atoms with van der Waals surface area (Å²) in [6.45, 7) is 2.63. The topological polar surface area (TPSA) is 72.2 Å². The third-order valence-electron chi connectivity index (χ3n) is 4.22. The van der Waals surface area contributed by atoms with Crippen LogP contribution in [-0.4, -0.2) is 26.8 Å². The number of benzene rings is 1. The summed E-state index contributed by atoms with van der Waals surface area (Å²) in [5, 5.41) is 3.32. The molecule has 1 saturated carbocycles. The molecular weight excluding hydrogens is 284 g/mol. The lowest BCUT2D eigenvalue weighted by Crippen LogP contribution is -2.37. The molecule has 3 N–H and O–H groups in total. The third kappa shape index (κ3) is 4.20. The molecule has 2 atom stereocenters. The highest BCUT2D eigenvalue weighted by Gasteiger charge is 2.23. The first-order valence-corrected chi connectivity index (χ1v) is 9.51. The normalized spacial score (nSPS) is 23.0. The molecule has 0 heterocycles. The number of para-hydroxylation sites is 1. The van der Waals surface area contributed by atoms with Gasteiger partial charge in [0, 0.05) is 12.6 Å². The second kappa shape index (κ2) is 7.27. The first-order valence-electron chi connectivity index (χ1n) is 7.86. The van der Waals surface area contributed by atoms with E-state index in [1.807, 2.05) is 19.1 Å². The molecule has 0 saturated heterocycles. The van der Waals surface area contributed by atoms with E-state index in [0.717, 1.165) is 19.4 Å². The molecule has 4 nitrogen and oxygen atoms in total. The maximum atomic E-state index is 12.3. The second-order valence-electron chi connectivity index (χ2n) is 5.90. The van der Waals surface area contributed by atoms with Crippen LogP contribution in [-0.2, 0) is 9.84 Å². The monoisotopic (exact) mass is 310 g/mol. The molecule has 118 valence electrons. The predicted molar refractivity (Wildman–Crippen MR) is 87.2 cm³/mol. The average molecular weight is 310 g/mol. The van der Waals surface area contributed by atoms with E-state index in [2.05, 4.69) is 5.32 Å². The summed E-state index contributed by atoms with van der Waals surface area (Å²) >= 11 is 0. The Bertz CT molecular complexity index is 557. The van der Waals surface area contributed by atoms with Gasteiger partial charge in [-0.15, -0.1) is 0 Å². The lowest BCUT2D eigenvalue weighted by atomic mass is 9.85. The Hall–Kier alpha value is -1.07. The van der Waals surface area contributed by atoms with Crippen molar-refractivity contribution >= 4 is 15.5 Å². The quantitative estimate of drug-likeness (QED) is 0.847. The summed E-state index contributed by atoms with van der Waals surface area (Å²) in [6.07, 6.45) is 5.25. The van der Waals surface area contributed by atoms with Crippen molar-refractivity contribution < 1.29 is 8.42 Å². The average Bonchev–Trinajstić information content (AvgIpc) is 2.47. The Morgan fingerprint density at radius 2 is 1.95 bits per heavy atom. The van der Waals surface area contributed by atoms with Crippen LogP contribution in [0.5, 0.6) is 0 Å². The SMILES string of the molecule is CCCS(=O)(=O)c1ccccc1NCC1CCCCC1N. The molecule has 1 aromatic rings. The van der Waals surface area contributed by atoms with Gasteiger partial charge < -0.3 is 11.1 Å². The van der Waals surface area contributed by atoms with E-state index in [4.69, 9.17) is 5.73 Å². The van der Waals surface area contributed by atoms with Gasteiger partial charge >= 0.3 is 0 Å². The van der Waals surface area contributed by atoms with Crippen LogP contribution in [0.3, 0.4) is 0 Å². The van der Waals surface area contributed by atoms with Crippen LogP contribution in [0.1, 0.15) is 39.0 Å². The maximum Gasteiger partial charge on any atom is 0.180 e. The zero-order valence-electron chi connectivity index (χ0n) is 12.7. The minimum atomic E-state index is -3.20. The molecule has 1 fully saturated rings. The highest BCUT2D eigenvalue weighted by molar-refractivity contribution is 7.91. The van der Waals surface area contributed by atoms with Crippen LogP contribution >= 0.6 is 0 Å². The van der Waals surface area contributed by atoms with Gasteiger partial charge in [0.05, 0.1) is 16.3 Å². The molecule has 1 aliphatic carbocycles. The Morgan fingerprint density at radius 3 is 2.67 bits per heavy atom. The van der Waals surface area contributed by atoms with E-state index < -0.39 is 9.84 Å². The minimum Gasteiger partial charge on any atom is -0.384 e. The molecule has 0 aliphatic heterocycles. The fraction of sp³-hybridized carbons (Fsp3) is 0.625. The van der Waals surface area contributed by atoms with Crippen molar-refractivity contribution in [2.45, 2.75) is 50.0 Å². The molecule has 2 unspecified atom stereocenters. The van der Waals surface area contributed by atoms with Gasteiger partial charge in [0.2, 0.25) is 0 Å². The molecule has 0 radical (unpaired) electrons. The van der Waals surface area contributed by atoms with E-state index in [1.165, 1.54) is 12.8 Å². The van der Waals surface area contributed by atoms with Gasteiger partial charge in [-0.2, -0.15) is 0 Å². The predicted octanol–water partition coefficient (Wildman–Crippen LogP) is 2.80. The van der Waals surface area contributed by atoms with Crippen LogP contribution in [0.15, 0.2) is 29.2 Å². The number of hydrogen-bond acceptors (Lipinski definition) is 4. The Labute approximate surface area is 128 Å². The van der Waals surface area contributed by atoms with E-state index in [-0.39, 0.29) is 11.8 Å². The van der Waals surface area contributed by atoms with Gasteiger partial charge in [-0.25, -0.2) is 8.42 Å². The maximum absolute atomic E-state index is 12.3. The Balaban J connectivity index is 2.10. The van der Waals surface area contributed by atoms with Crippen molar-refractivity contribution in [1.29, 1.82) is 0 Å². The van der Waals surface area contributed by atoms with Gasteiger partial charge in [-0.05, 0) is 37.3 Å². The van der Waals surface area contributed by atoms with Crippen LogP contribution in [0.4, 0.5) is 5.69 Å². The summed E-state index contributed by atoms with van der Waals surface area (Å²) in [5.41, 5.74) is 6.87. The van der Waals surface area contributed by atoms with Crippen molar-refractivity contribution in [1.82, 2.24) is 0 Å². The molecule has 21 heavy (non-hydrogen) atoms. The minimum absolute atomic E-state index is 0.189. The van der Waals surface area contributed by atoms with E-state index >= 15 is 0 Å². The number of anilines is 1. The smallest absolute Gasteiger partial charge is 0.180 e. The molecule has 0 aromatic heterocycles. The summed E-state index contributed by atoms with van der Waals surface area (Å²) in [4.78, 5) is 0.413. The highest BCUT2D eigenvalue weighted by atomic mass is 32.2. The third-order valence-corrected chi connectivity index (χ3v) is 6.19. The van der Waals surface area contributed by atoms with E-state index in [1.54, 1.807) is 12.1 Å². The van der Waals surface area contributed by atoms with Crippen molar-refractivity contribution in [3.8, 4) is 0 Å². The Morgan fingerprint density at radius 1 is 1.24 bits per heavy atom. The lowest BCUT2D eigenvalue weighted by molar-refractivity contribution is 0.321. The van der Waals surface area contributed by atoms with E-state index in [9.17, 15) is 8.42 Å². The van der Waals surface area contributed by atoms with Gasteiger partial charge in [-0.1, -0.05) is 31.9 Å². The molecule has 0 spiro atoms. The van der Waals surface area contributed by atoms with Crippen LogP contribution in [0, 0.1) is 5.92 Å². The van der Waals surface area contributed by atoms with Crippen molar-refractivity contribution in [3.05, 3.63) is 24.3 Å². The molecule has 1 aliphatic rings. The van der Waals surface area contributed by atoms with Gasteiger partial charge in [0.1, 0.15) is 0 Å². The highest BCUT2D eigenvalue weighted by Crippen LogP contribution is 2.26. The molecular formula is C16H26N2O2S. The van der Waals surface area contributed by atoms with Gasteiger partial charge in [0.15, 0.2) is 9.84 Å². The number of sulfone groups is 1. The molecule has 5 heteroatoms. The van der Waals surface area contributed by atoms with Gasteiger partial charge in [0.25, 0.3) is 0 Å². The molecule has 0 bridgehead atoms. The molecule has 2 rings (SSSR count). The fourth-order valence-corrected chi connectivity index (χ4v) is 4.51. The van der Waals surface area contributed by atoms with Crippen molar-refractivity contribution in [2.75, 3.05) is 17.6 Å². The zero-order valence-corrected chi connectivity index (χ0v) is 13.5. The summed E-state index contributed by atoms with van der Waals surface area (Å²) in [5.74, 6) is 0.620. The fourth-order valence-electron chi connectivity index (χ4n) is 2.99. The first kappa shape index (κ1) is 16.3. The number of nitrogens with one attached hydrogen (secondary N) is 1.